The number of rotatable bonds is 6. The molecule has 0 saturated carbocycles. The Morgan fingerprint density at radius 1 is 1.12 bits per heavy atom. The van der Waals surface area contributed by atoms with Crippen molar-refractivity contribution >= 4 is 36.4 Å². The molecule has 7 heteroatoms. The van der Waals surface area contributed by atoms with E-state index in [9.17, 15) is 4.79 Å². The standard InChI is InChI=1S/C18H21N3O2.2ClH/c1-23-17-5-3-2-4-16(17)20-12-18(22)21-9-13-6-7-14-10-19-11-15(14)8-13;;/h2-8,19-20H,9-12H2,1H3,(H,21,22);2*1H. The second kappa shape index (κ2) is 10.1. The minimum Gasteiger partial charge on any atom is -0.495 e. The fourth-order valence-electron chi connectivity index (χ4n) is 2.69. The molecule has 136 valence electrons. The number of anilines is 1. The molecule has 0 fully saturated rings. The van der Waals surface area contributed by atoms with Gasteiger partial charge in [-0.25, -0.2) is 0 Å². The number of hydrogen-bond donors (Lipinski definition) is 3. The van der Waals surface area contributed by atoms with Crippen molar-refractivity contribution in [3.8, 4) is 5.75 Å². The third-order valence-corrected chi connectivity index (χ3v) is 3.94. The summed E-state index contributed by atoms with van der Waals surface area (Å²) in [5, 5.41) is 9.35. The average molecular weight is 384 g/mol. The van der Waals surface area contributed by atoms with Crippen LogP contribution in [0, 0.1) is 0 Å². The van der Waals surface area contributed by atoms with Gasteiger partial charge in [0.2, 0.25) is 5.91 Å². The molecule has 2 aromatic carbocycles. The van der Waals surface area contributed by atoms with E-state index in [0.717, 1.165) is 30.1 Å². The van der Waals surface area contributed by atoms with Crippen LogP contribution in [0.5, 0.6) is 5.75 Å². The van der Waals surface area contributed by atoms with Crippen molar-refractivity contribution in [1.29, 1.82) is 0 Å². The molecule has 2 aromatic rings. The normalized spacial score (nSPS) is 11.6. The molecule has 5 nitrogen and oxygen atoms in total. The van der Waals surface area contributed by atoms with Gasteiger partial charge in [0.15, 0.2) is 0 Å². The lowest BCUT2D eigenvalue weighted by molar-refractivity contribution is -0.119. The molecular weight excluding hydrogens is 361 g/mol. The molecule has 0 aliphatic carbocycles. The maximum atomic E-state index is 12.0. The maximum absolute atomic E-state index is 12.0. The van der Waals surface area contributed by atoms with Gasteiger partial charge in [0.25, 0.3) is 0 Å². The Balaban J connectivity index is 0.00000156. The van der Waals surface area contributed by atoms with E-state index in [4.69, 9.17) is 4.74 Å². The van der Waals surface area contributed by atoms with Gasteiger partial charge in [-0.05, 0) is 28.8 Å². The van der Waals surface area contributed by atoms with E-state index in [1.807, 2.05) is 24.3 Å². The molecule has 0 unspecified atom stereocenters. The first-order valence-corrected chi connectivity index (χ1v) is 7.71. The van der Waals surface area contributed by atoms with E-state index in [1.54, 1.807) is 7.11 Å². The van der Waals surface area contributed by atoms with E-state index in [2.05, 4.69) is 34.1 Å². The summed E-state index contributed by atoms with van der Waals surface area (Å²) in [7, 11) is 1.61. The molecule has 0 bridgehead atoms. The summed E-state index contributed by atoms with van der Waals surface area (Å²) in [6.07, 6.45) is 0. The second-order valence-electron chi connectivity index (χ2n) is 5.54. The Bertz CT molecular complexity index is 710. The SMILES string of the molecule is COc1ccccc1NCC(=O)NCc1ccc2c(c1)CNC2.Cl.Cl. The van der Waals surface area contributed by atoms with Gasteiger partial charge in [-0.15, -0.1) is 24.8 Å². The number of ether oxygens (including phenoxy) is 1. The maximum Gasteiger partial charge on any atom is 0.239 e. The summed E-state index contributed by atoms with van der Waals surface area (Å²) >= 11 is 0. The number of halogens is 2. The van der Waals surface area contributed by atoms with Crippen LogP contribution in [0.2, 0.25) is 0 Å². The van der Waals surface area contributed by atoms with E-state index in [-0.39, 0.29) is 37.3 Å². The number of amides is 1. The van der Waals surface area contributed by atoms with Gasteiger partial charge in [0.05, 0.1) is 19.3 Å². The minimum absolute atomic E-state index is 0. The predicted molar refractivity (Wildman–Crippen MR) is 105 cm³/mol. The highest BCUT2D eigenvalue weighted by atomic mass is 35.5. The Morgan fingerprint density at radius 2 is 1.88 bits per heavy atom. The molecule has 0 saturated heterocycles. The molecule has 3 N–H and O–H groups in total. The number of para-hydroxylation sites is 2. The molecule has 0 radical (unpaired) electrons. The summed E-state index contributed by atoms with van der Waals surface area (Å²) in [5.74, 6) is 0.681. The fraction of sp³-hybridized carbons (Fsp3) is 0.278. The van der Waals surface area contributed by atoms with Crippen LogP contribution < -0.4 is 20.7 Å². The number of fused-ring (bicyclic) bond motifs is 1. The van der Waals surface area contributed by atoms with Gasteiger partial charge in [-0.1, -0.05) is 30.3 Å². The van der Waals surface area contributed by atoms with Crippen molar-refractivity contribution in [1.82, 2.24) is 10.6 Å². The van der Waals surface area contributed by atoms with Gasteiger partial charge in [0.1, 0.15) is 5.75 Å². The smallest absolute Gasteiger partial charge is 0.239 e. The first kappa shape index (κ1) is 21.1. The summed E-state index contributed by atoms with van der Waals surface area (Å²) < 4.78 is 5.25. The largest absolute Gasteiger partial charge is 0.495 e. The number of hydrogen-bond acceptors (Lipinski definition) is 4. The van der Waals surface area contributed by atoms with E-state index in [1.165, 1.54) is 11.1 Å². The Kier molecular flexibility index (Phi) is 8.55. The molecule has 1 aliphatic rings. The van der Waals surface area contributed by atoms with E-state index < -0.39 is 0 Å². The number of carbonyl (C=O) groups excluding carboxylic acids is 1. The first-order valence-electron chi connectivity index (χ1n) is 7.71. The van der Waals surface area contributed by atoms with Crippen LogP contribution in [-0.2, 0) is 24.4 Å². The predicted octanol–water partition coefficient (Wildman–Crippen LogP) is 2.87. The van der Waals surface area contributed by atoms with Crippen molar-refractivity contribution in [3.63, 3.8) is 0 Å². The summed E-state index contributed by atoms with van der Waals surface area (Å²) in [6.45, 7) is 2.60. The molecule has 0 atom stereocenters. The molecule has 1 amide bonds. The Labute approximate surface area is 160 Å². The number of methoxy groups -OCH3 is 1. The zero-order valence-electron chi connectivity index (χ0n) is 14.0. The summed E-state index contributed by atoms with van der Waals surface area (Å²) in [5.41, 5.74) is 4.61. The van der Waals surface area contributed by atoms with E-state index in [0.29, 0.717) is 6.54 Å². The highest BCUT2D eigenvalue weighted by molar-refractivity contribution is 5.85. The molecule has 1 heterocycles. The van der Waals surface area contributed by atoms with Crippen LogP contribution >= 0.6 is 24.8 Å². The van der Waals surface area contributed by atoms with Crippen LogP contribution in [0.3, 0.4) is 0 Å². The number of nitrogens with one attached hydrogen (secondary N) is 3. The first-order chi connectivity index (χ1) is 11.3. The third kappa shape index (κ3) is 5.53. The van der Waals surface area contributed by atoms with Gasteiger partial charge in [0, 0.05) is 19.6 Å². The molecule has 3 rings (SSSR count). The van der Waals surface area contributed by atoms with Crippen molar-refractivity contribution < 1.29 is 9.53 Å². The van der Waals surface area contributed by atoms with Gasteiger partial charge < -0.3 is 20.7 Å². The molecule has 0 spiro atoms. The highest BCUT2D eigenvalue weighted by Gasteiger charge is 2.10. The topological polar surface area (TPSA) is 62.4 Å². The lowest BCUT2D eigenvalue weighted by Crippen LogP contribution is -2.29. The van der Waals surface area contributed by atoms with Gasteiger partial charge >= 0.3 is 0 Å². The van der Waals surface area contributed by atoms with E-state index >= 15 is 0 Å². The van der Waals surface area contributed by atoms with Crippen LogP contribution in [0.1, 0.15) is 16.7 Å². The monoisotopic (exact) mass is 383 g/mol. The minimum atomic E-state index is -0.0467. The quantitative estimate of drug-likeness (QED) is 0.717. The number of benzene rings is 2. The van der Waals surface area contributed by atoms with Gasteiger partial charge in [-0.2, -0.15) is 0 Å². The lowest BCUT2D eigenvalue weighted by Gasteiger charge is -2.11. The van der Waals surface area contributed by atoms with Crippen molar-refractivity contribution in [2.45, 2.75) is 19.6 Å². The van der Waals surface area contributed by atoms with Crippen LogP contribution in [-0.4, -0.2) is 19.6 Å². The lowest BCUT2D eigenvalue weighted by atomic mass is 10.1. The fourth-order valence-corrected chi connectivity index (χ4v) is 2.69. The van der Waals surface area contributed by atoms with Crippen LogP contribution in [0.25, 0.3) is 0 Å². The zero-order valence-corrected chi connectivity index (χ0v) is 15.6. The Morgan fingerprint density at radius 3 is 2.68 bits per heavy atom. The molecule has 1 aliphatic heterocycles. The average Bonchev–Trinajstić information content (AvgIpc) is 3.06. The van der Waals surface area contributed by atoms with Crippen molar-refractivity contribution in [3.05, 3.63) is 59.2 Å². The number of carbonyl (C=O) groups is 1. The summed E-state index contributed by atoms with van der Waals surface area (Å²) in [6, 6.07) is 13.9. The van der Waals surface area contributed by atoms with Gasteiger partial charge in [-0.3, -0.25) is 4.79 Å². The third-order valence-electron chi connectivity index (χ3n) is 3.94. The van der Waals surface area contributed by atoms with Crippen LogP contribution in [0.15, 0.2) is 42.5 Å². The second-order valence-corrected chi connectivity index (χ2v) is 5.54. The zero-order chi connectivity index (χ0) is 16.1. The molecule has 0 aromatic heterocycles. The van der Waals surface area contributed by atoms with Crippen LogP contribution in [0.4, 0.5) is 5.69 Å². The van der Waals surface area contributed by atoms with Crippen molar-refractivity contribution in [2.24, 2.45) is 0 Å². The Hall–Kier alpha value is -1.95. The summed E-state index contributed by atoms with van der Waals surface area (Å²) in [4.78, 5) is 12.0. The van der Waals surface area contributed by atoms with Crippen molar-refractivity contribution in [2.75, 3.05) is 19.0 Å². The molecular formula is C18H23Cl2N3O2. The highest BCUT2D eigenvalue weighted by Crippen LogP contribution is 2.22. The molecule has 25 heavy (non-hydrogen) atoms.